The van der Waals surface area contributed by atoms with Gasteiger partial charge in [0.25, 0.3) is 5.91 Å². The zero-order valence-electron chi connectivity index (χ0n) is 14.4. The molecule has 4 rings (SSSR count). The van der Waals surface area contributed by atoms with Gasteiger partial charge in [0.15, 0.2) is 0 Å². The summed E-state index contributed by atoms with van der Waals surface area (Å²) in [4.78, 5) is 17.6. The fourth-order valence-electron chi connectivity index (χ4n) is 3.69. The number of rotatable bonds is 3. The number of nitrogens with one attached hydrogen (secondary N) is 1. The van der Waals surface area contributed by atoms with Crippen molar-refractivity contribution in [2.24, 2.45) is 0 Å². The Labute approximate surface area is 149 Å². The van der Waals surface area contributed by atoms with Gasteiger partial charge in [0.1, 0.15) is 17.1 Å². The molecule has 1 amide bonds. The van der Waals surface area contributed by atoms with E-state index in [0.717, 1.165) is 10.9 Å². The Hall–Kier alpha value is -2.74. The summed E-state index contributed by atoms with van der Waals surface area (Å²) in [6.45, 7) is 2.88. The van der Waals surface area contributed by atoms with E-state index < -0.39 is 5.60 Å². The Balaban J connectivity index is 1.57. The van der Waals surface area contributed by atoms with Crippen LogP contribution < -0.4 is 0 Å². The van der Waals surface area contributed by atoms with Gasteiger partial charge in [-0.1, -0.05) is 5.21 Å². The normalized spacial score (nSPS) is 20.7. The van der Waals surface area contributed by atoms with Crippen molar-refractivity contribution in [2.75, 3.05) is 13.1 Å². The van der Waals surface area contributed by atoms with Gasteiger partial charge >= 0.3 is 0 Å². The smallest absolute Gasteiger partial charge is 0.270 e. The lowest BCUT2D eigenvalue weighted by Gasteiger charge is -2.38. The molecule has 1 aliphatic rings. The van der Waals surface area contributed by atoms with Gasteiger partial charge in [0.2, 0.25) is 0 Å². The highest BCUT2D eigenvalue weighted by Gasteiger charge is 2.36. The Morgan fingerprint density at radius 1 is 1.42 bits per heavy atom. The summed E-state index contributed by atoms with van der Waals surface area (Å²) in [7, 11) is 0. The number of amides is 1. The molecule has 1 unspecified atom stereocenters. The van der Waals surface area contributed by atoms with Crippen molar-refractivity contribution < 1.29 is 14.3 Å². The lowest BCUT2D eigenvalue weighted by Crippen LogP contribution is -2.52. The standard InChI is InChI=1S/C18H20FN5O2/c1-12-7-13(19)8-15-14(12)9-16(21-15)17(25)23-5-2-3-18(26,10-23)11-24-6-4-20-22-24/h4,6-9,21,26H,2-3,5,10-11H2,1H3. The van der Waals surface area contributed by atoms with Crippen molar-refractivity contribution >= 4 is 16.8 Å². The molecule has 1 fully saturated rings. The third kappa shape index (κ3) is 3.08. The summed E-state index contributed by atoms with van der Waals surface area (Å²) in [6.07, 6.45) is 4.54. The molecule has 3 aromatic rings. The fourth-order valence-corrected chi connectivity index (χ4v) is 3.69. The van der Waals surface area contributed by atoms with Crippen LogP contribution in [0.1, 0.15) is 28.9 Å². The zero-order valence-corrected chi connectivity index (χ0v) is 14.4. The first-order valence-electron chi connectivity index (χ1n) is 8.58. The van der Waals surface area contributed by atoms with Gasteiger partial charge in [0.05, 0.1) is 19.3 Å². The molecule has 3 heterocycles. The molecule has 136 valence electrons. The average Bonchev–Trinajstić information content (AvgIpc) is 3.23. The second-order valence-corrected chi connectivity index (χ2v) is 7.02. The van der Waals surface area contributed by atoms with Crippen molar-refractivity contribution in [1.29, 1.82) is 0 Å². The number of β-amino-alcohol motifs (C(OH)–C–C–N with tert-alkyl or cyclic N) is 1. The number of aromatic amines is 1. The number of carbonyl (C=O) groups excluding carboxylic acids is 1. The molecule has 1 atom stereocenters. The van der Waals surface area contributed by atoms with Crippen LogP contribution in [0.5, 0.6) is 0 Å². The predicted molar refractivity (Wildman–Crippen MR) is 93.1 cm³/mol. The number of hydrogen-bond acceptors (Lipinski definition) is 4. The number of aromatic nitrogens is 4. The fraction of sp³-hybridized carbons (Fsp3) is 0.389. The number of likely N-dealkylation sites (tertiary alicyclic amines) is 1. The highest BCUT2D eigenvalue weighted by molar-refractivity contribution is 5.99. The van der Waals surface area contributed by atoms with Crippen molar-refractivity contribution in [3.05, 3.63) is 47.7 Å². The molecule has 1 aromatic carbocycles. The van der Waals surface area contributed by atoms with E-state index >= 15 is 0 Å². The van der Waals surface area contributed by atoms with E-state index in [9.17, 15) is 14.3 Å². The molecule has 0 saturated carbocycles. The number of benzene rings is 1. The first-order chi connectivity index (χ1) is 12.4. The molecule has 1 aliphatic heterocycles. The number of aliphatic hydroxyl groups is 1. The molecular formula is C18H20FN5O2. The Kier molecular flexibility index (Phi) is 3.99. The van der Waals surface area contributed by atoms with Crippen molar-refractivity contribution in [3.63, 3.8) is 0 Å². The molecule has 0 aliphatic carbocycles. The van der Waals surface area contributed by atoms with Crippen molar-refractivity contribution in [3.8, 4) is 0 Å². The van der Waals surface area contributed by atoms with E-state index in [1.54, 1.807) is 28.0 Å². The minimum atomic E-state index is -1.05. The van der Waals surface area contributed by atoms with E-state index in [-0.39, 0.29) is 24.8 Å². The van der Waals surface area contributed by atoms with Crippen LogP contribution in [0.25, 0.3) is 10.9 Å². The number of hydrogen-bond donors (Lipinski definition) is 2. The first-order valence-corrected chi connectivity index (χ1v) is 8.58. The van der Waals surface area contributed by atoms with Crippen LogP contribution in [0, 0.1) is 12.7 Å². The topological polar surface area (TPSA) is 87.0 Å². The van der Waals surface area contributed by atoms with Gasteiger partial charge in [0, 0.05) is 23.6 Å². The summed E-state index contributed by atoms with van der Waals surface area (Å²) in [5, 5.41) is 19.3. The van der Waals surface area contributed by atoms with Crippen LogP contribution in [-0.4, -0.2) is 54.6 Å². The molecule has 2 N–H and O–H groups in total. The van der Waals surface area contributed by atoms with Crippen LogP contribution in [0.4, 0.5) is 4.39 Å². The minimum absolute atomic E-state index is 0.197. The summed E-state index contributed by atoms with van der Waals surface area (Å²) < 4.78 is 15.2. The van der Waals surface area contributed by atoms with E-state index in [0.29, 0.717) is 30.6 Å². The number of aryl methyl sites for hydroxylation is 1. The maximum atomic E-state index is 13.6. The van der Waals surface area contributed by atoms with Crippen LogP contribution >= 0.6 is 0 Å². The van der Waals surface area contributed by atoms with E-state index in [1.807, 2.05) is 6.92 Å². The van der Waals surface area contributed by atoms with Crippen LogP contribution in [-0.2, 0) is 6.54 Å². The number of halogens is 1. The van der Waals surface area contributed by atoms with E-state index in [2.05, 4.69) is 15.3 Å². The summed E-state index contributed by atoms with van der Waals surface area (Å²) in [6, 6.07) is 4.58. The van der Waals surface area contributed by atoms with Gasteiger partial charge in [-0.15, -0.1) is 5.10 Å². The number of H-pyrrole nitrogens is 1. The van der Waals surface area contributed by atoms with E-state index in [1.165, 1.54) is 12.1 Å². The lowest BCUT2D eigenvalue weighted by molar-refractivity contribution is -0.0388. The summed E-state index contributed by atoms with van der Waals surface area (Å²) in [5.74, 6) is -0.534. The highest BCUT2D eigenvalue weighted by atomic mass is 19.1. The molecule has 8 heteroatoms. The Bertz CT molecular complexity index is 952. The third-order valence-corrected chi connectivity index (χ3v) is 4.91. The lowest BCUT2D eigenvalue weighted by atomic mass is 9.92. The maximum Gasteiger partial charge on any atom is 0.270 e. The number of carbonyl (C=O) groups is 1. The highest BCUT2D eigenvalue weighted by Crippen LogP contribution is 2.26. The van der Waals surface area contributed by atoms with Gasteiger partial charge in [-0.05, 0) is 43.5 Å². The number of fused-ring (bicyclic) bond motifs is 1. The molecule has 26 heavy (non-hydrogen) atoms. The summed E-state index contributed by atoms with van der Waals surface area (Å²) in [5.41, 5.74) is 0.728. The second kappa shape index (κ2) is 6.21. The Morgan fingerprint density at radius 2 is 2.27 bits per heavy atom. The van der Waals surface area contributed by atoms with Crippen molar-refractivity contribution in [2.45, 2.75) is 31.9 Å². The van der Waals surface area contributed by atoms with Crippen LogP contribution in [0.3, 0.4) is 0 Å². The molecule has 0 bridgehead atoms. The zero-order chi connectivity index (χ0) is 18.3. The minimum Gasteiger partial charge on any atom is -0.386 e. The van der Waals surface area contributed by atoms with Crippen molar-refractivity contribution in [1.82, 2.24) is 24.9 Å². The molecule has 0 spiro atoms. The second-order valence-electron chi connectivity index (χ2n) is 7.02. The predicted octanol–water partition coefficient (Wildman–Crippen LogP) is 1.87. The molecule has 1 saturated heterocycles. The van der Waals surface area contributed by atoms with Gasteiger partial charge < -0.3 is 15.0 Å². The van der Waals surface area contributed by atoms with Crippen LogP contribution in [0.2, 0.25) is 0 Å². The number of piperidine rings is 1. The average molecular weight is 357 g/mol. The van der Waals surface area contributed by atoms with E-state index in [4.69, 9.17) is 0 Å². The molecule has 0 radical (unpaired) electrons. The SMILES string of the molecule is Cc1cc(F)cc2[nH]c(C(=O)N3CCCC(O)(Cn4ccnn4)C3)cc12. The Morgan fingerprint density at radius 3 is 3.04 bits per heavy atom. The first kappa shape index (κ1) is 16.7. The summed E-state index contributed by atoms with van der Waals surface area (Å²) >= 11 is 0. The maximum absolute atomic E-state index is 13.6. The number of nitrogens with zero attached hydrogens (tertiary/aromatic N) is 4. The monoisotopic (exact) mass is 357 g/mol. The van der Waals surface area contributed by atoms with Gasteiger partial charge in [-0.25, -0.2) is 9.07 Å². The van der Waals surface area contributed by atoms with Crippen LogP contribution in [0.15, 0.2) is 30.6 Å². The quantitative estimate of drug-likeness (QED) is 0.749. The largest absolute Gasteiger partial charge is 0.386 e. The molecule has 7 nitrogen and oxygen atoms in total. The molecular weight excluding hydrogens is 337 g/mol. The van der Waals surface area contributed by atoms with Gasteiger partial charge in [-0.2, -0.15) is 0 Å². The molecule has 2 aromatic heterocycles. The van der Waals surface area contributed by atoms with Gasteiger partial charge in [-0.3, -0.25) is 4.79 Å². The third-order valence-electron chi connectivity index (χ3n) is 4.91.